The Hall–Kier alpha value is -2.44. The largest absolute Gasteiger partial charge is 0.497 e. The van der Waals surface area contributed by atoms with E-state index in [-0.39, 0.29) is 0 Å². The van der Waals surface area contributed by atoms with Crippen LogP contribution in [0, 0.1) is 0 Å². The molecule has 1 atom stereocenters. The number of aliphatic carboxylic acids is 1. The molecule has 21 heavy (non-hydrogen) atoms. The highest BCUT2D eigenvalue weighted by Gasteiger charge is 2.23. The molecule has 0 saturated carbocycles. The van der Waals surface area contributed by atoms with Crippen molar-refractivity contribution >= 4 is 5.97 Å². The fourth-order valence-electron chi connectivity index (χ4n) is 1.84. The van der Waals surface area contributed by atoms with Crippen LogP contribution in [0.3, 0.4) is 0 Å². The minimum Gasteiger partial charge on any atom is -0.497 e. The molecule has 8 heteroatoms. The molecular formula is C13H18N4O4. The number of carboxylic acids is 1. The van der Waals surface area contributed by atoms with E-state index in [1.165, 1.54) is 14.2 Å². The van der Waals surface area contributed by atoms with Crippen molar-refractivity contribution < 1.29 is 19.4 Å². The molecule has 0 saturated heterocycles. The van der Waals surface area contributed by atoms with E-state index in [0.717, 1.165) is 0 Å². The standard InChI is InChI=1S/C13H18N4O4/c1-20-9-4-5-11(21-2)10(8-9)12(13(18)19)15-6-3-7-16-17-14/h4-5,8,12,15H,3,6-7H2,1-2H3,(H,18,19). The third kappa shape index (κ3) is 4.87. The second kappa shape index (κ2) is 8.68. The summed E-state index contributed by atoms with van der Waals surface area (Å²) in [5.74, 6) is -0.0102. The van der Waals surface area contributed by atoms with E-state index < -0.39 is 12.0 Å². The molecule has 0 aliphatic rings. The SMILES string of the molecule is COc1ccc(OC)c(C(NCCCN=[N+]=[N-])C(=O)O)c1. The Balaban J connectivity index is 2.88. The first-order valence-electron chi connectivity index (χ1n) is 6.33. The second-order valence-electron chi connectivity index (χ2n) is 4.14. The highest BCUT2D eigenvalue weighted by molar-refractivity contribution is 5.77. The van der Waals surface area contributed by atoms with Gasteiger partial charge in [0.15, 0.2) is 0 Å². The number of hydrogen-bond acceptors (Lipinski definition) is 5. The van der Waals surface area contributed by atoms with Gasteiger partial charge in [-0.15, -0.1) is 0 Å². The summed E-state index contributed by atoms with van der Waals surface area (Å²) in [6, 6.07) is 4.05. The van der Waals surface area contributed by atoms with E-state index in [0.29, 0.717) is 36.6 Å². The number of methoxy groups -OCH3 is 2. The monoisotopic (exact) mass is 294 g/mol. The first-order chi connectivity index (χ1) is 10.1. The van der Waals surface area contributed by atoms with Crippen molar-refractivity contribution in [2.24, 2.45) is 5.11 Å². The Morgan fingerprint density at radius 2 is 2.24 bits per heavy atom. The number of nitrogens with one attached hydrogen (secondary N) is 1. The number of rotatable bonds is 9. The van der Waals surface area contributed by atoms with E-state index in [1.807, 2.05) is 0 Å². The third-order valence-corrected chi connectivity index (χ3v) is 2.84. The molecule has 1 aromatic rings. The quantitative estimate of drug-likeness (QED) is 0.313. The molecular weight excluding hydrogens is 276 g/mol. The van der Waals surface area contributed by atoms with Crippen molar-refractivity contribution in [3.05, 3.63) is 34.2 Å². The lowest BCUT2D eigenvalue weighted by molar-refractivity contribution is -0.139. The Morgan fingerprint density at radius 1 is 1.48 bits per heavy atom. The van der Waals surface area contributed by atoms with Crippen LogP contribution in [0.1, 0.15) is 18.0 Å². The summed E-state index contributed by atoms with van der Waals surface area (Å²) in [5.41, 5.74) is 8.66. The van der Waals surface area contributed by atoms with Crippen LogP contribution in [0.4, 0.5) is 0 Å². The molecule has 0 fully saturated rings. The van der Waals surface area contributed by atoms with Gasteiger partial charge in [-0.3, -0.25) is 4.79 Å². The summed E-state index contributed by atoms with van der Waals surface area (Å²) in [6.45, 7) is 0.710. The van der Waals surface area contributed by atoms with Crippen molar-refractivity contribution in [3.8, 4) is 11.5 Å². The Kier molecular flexibility index (Phi) is 6.86. The summed E-state index contributed by atoms with van der Waals surface area (Å²) in [5, 5.41) is 15.7. The van der Waals surface area contributed by atoms with Crippen molar-refractivity contribution in [1.29, 1.82) is 0 Å². The predicted molar refractivity (Wildman–Crippen MR) is 76.6 cm³/mol. The van der Waals surface area contributed by atoms with E-state index in [4.69, 9.17) is 15.0 Å². The number of hydrogen-bond donors (Lipinski definition) is 2. The van der Waals surface area contributed by atoms with Crippen molar-refractivity contribution in [2.45, 2.75) is 12.5 Å². The van der Waals surface area contributed by atoms with Gasteiger partial charge in [0.2, 0.25) is 0 Å². The molecule has 114 valence electrons. The highest BCUT2D eigenvalue weighted by atomic mass is 16.5. The van der Waals surface area contributed by atoms with Gasteiger partial charge in [-0.05, 0) is 36.7 Å². The number of nitrogens with zero attached hydrogens (tertiary/aromatic N) is 3. The van der Waals surface area contributed by atoms with Gasteiger partial charge in [0.1, 0.15) is 17.5 Å². The number of ether oxygens (including phenoxy) is 2. The van der Waals surface area contributed by atoms with E-state index in [2.05, 4.69) is 15.3 Å². The Morgan fingerprint density at radius 3 is 2.81 bits per heavy atom. The molecule has 0 heterocycles. The van der Waals surface area contributed by atoms with Gasteiger partial charge in [0.25, 0.3) is 0 Å². The summed E-state index contributed by atoms with van der Waals surface area (Å²) >= 11 is 0. The maximum absolute atomic E-state index is 11.4. The first-order valence-corrected chi connectivity index (χ1v) is 6.33. The molecule has 0 amide bonds. The van der Waals surface area contributed by atoms with Crippen molar-refractivity contribution in [2.75, 3.05) is 27.3 Å². The maximum atomic E-state index is 11.4. The number of benzene rings is 1. The van der Waals surface area contributed by atoms with Gasteiger partial charge in [-0.1, -0.05) is 5.11 Å². The summed E-state index contributed by atoms with van der Waals surface area (Å²) in [4.78, 5) is 14.1. The smallest absolute Gasteiger partial charge is 0.325 e. The molecule has 1 rings (SSSR count). The summed E-state index contributed by atoms with van der Waals surface area (Å²) in [7, 11) is 2.99. The Bertz CT molecular complexity index is 529. The second-order valence-corrected chi connectivity index (χ2v) is 4.14. The topological polar surface area (TPSA) is 117 Å². The van der Waals surface area contributed by atoms with E-state index in [1.54, 1.807) is 18.2 Å². The average Bonchev–Trinajstić information content (AvgIpc) is 2.50. The average molecular weight is 294 g/mol. The molecule has 8 nitrogen and oxygen atoms in total. The minimum atomic E-state index is -1.02. The van der Waals surface area contributed by atoms with Gasteiger partial charge in [-0.2, -0.15) is 0 Å². The zero-order valence-electron chi connectivity index (χ0n) is 11.9. The molecule has 1 unspecified atom stereocenters. The first kappa shape index (κ1) is 16.6. The van der Waals surface area contributed by atoms with Crippen LogP contribution in [0.25, 0.3) is 10.4 Å². The van der Waals surface area contributed by atoms with Crippen LogP contribution in [0.5, 0.6) is 11.5 Å². The van der Waals surface area contributed by atoms with Crippen LogP contribution in [-0.4, -0.2) is 38.4 Å². The van der Waals surface area contributed by atoms with Crippen molar-refractivity contribution in [3.63, 3.8) is 0 Å². The van der Waals surface area contributed by atoms with Crippen LogP contribution in [0.2, 0.25) is 0 Å². The third-order valence-electron chi connectivity index (χ3n) is 2.84. The van der Waals surface area contributed by atoms with Crippen molar-refractivity contribution in [1.82, 2.24) is 5.32 Å². The molecule has 0 aliphatic carbocycles. The molecule has 0 spiro atoms. The maximum Gasteiger partial charge on any atom is 0.325 e. The van der Waals surface area contributed by atoms with Crippen LogP contribution in [0.15, 0.2) is 23.3 Å². The number of azide groups is 1. The Labute approximate surface area is 122 Å². The fourth-order valence-corrected chi connectivity index (χ4v) is 1.84. The van der Waals surface area contributed by atoms with Gasteiger partial charge >= 0.3 is 5.97 Å². The zero-order valence-corrected chi connectivity index (χ0v) is 11.9. The zero-order chi connectivity index (χ0) is 15.7. The fraction of sp³-hybridized carbons (Fsp3) is 0.462. The van der Waals surface area contributed by atoms with Crippen LogP contribution < -0.4 is 14.8 Å². The molecule has 1 aromatic carbocycles. The number of carboxylic acid groups (broad SMARTS) is 1. The van der Waals surface area contributed by atoms with Gasteiger partial charge in [-0.25, -0.2) is 0 Å². The predicted octanol–water partition coefficient (Wildman–Crippen LogP) is 2.12. The molecule has 0 bridgehead atoms. The molecule has 0 aliphatic heterocycles. The number of carbonyl (C=O) groups is 1. The lowest BCUT2D eigenvalue weighted by Gasteiger charge is -2.18. The minimum absolute atomic E-state index is 0.311. The van der Waals surface area contributed by atoms with Gasteiger partial charge in [0.05, 0.1) is 14.2 Å². The summed E-state index contributed by atoms with van der Waals surface area (Å²) in [6.07, 6.45) is 0.542. The van der Waals surface area contributed by atoms with Gasteiger partial charge in [0, 0.05) is 17.0 Å². The summed E-state index contributed by atoms with van der Waals surface area (Å²) < 4.78 is 10.3. The van der Waals surface area contributed by atoms with E-state index >= 15 is 0 Å². The lowest BCUT2D eigenvalue weighted by atomic mass is 10.0. The normalized spacial score (nSPS) is 11.3. The van der Waals surface area contributed by atoms with Crippen LogP contribution >= 0.6 is 0 Å². The lowest BCUT2D eigenvalue weighted by Crippen LogP contribution is -2.30. The molecule has 0 aromatic heterocycles. The van der Waals surface area contributed by atoms with Crippen LogP contribution in [-0.2, 0) is 4.79 Å². The highest BCUT2D eigenvalue weighted by Crippen LogP contribution is 2.29. The molecule has 2 N–H and O–H groups in total. The van der Waals surface area contributed by atoms with Gasteiger partial charge < -0.3 is 19.9 Å². The van der Waals surface area contributed by atoms with E-state index in [9.17, 15) is 9.90 Å². The molecule has 0 radical (unpaired) electrons.